The number of hydrogen-bond acceptors (Lipinski definition) is 4. The molecule has 74 valence electrons. The van der Waals surface area contributed by atoms with Crippen LogP contribution in [0.1, 0.15) is 0 Å². The number of nitrogens with zero attached hydrogens (tertiary/aromatic N) is 3. The van der Waals surface area contributed by atoms with Gasteiger partial charge in [-0.2, -0.15) is 0 Å². The molecule has 0 radical (unpaired) electrons. The lowest BCUT2D eigenvalue weighted by atomic mass is 10.2. The quantitative estimate of drug-likeness (QED) is 0.629. The molecule has 2 heterocycles. The van der Waals surface area contributed by atoms with Crippen LogP contribution in [0.25, 0.3) is 22.0 Å². The minimum Gasteiger partial charge on any atom is -0.337 e. The molecule has 0 N–H and O–H groups in total. The molecule has 3 aromatic rings. The zero-order valence-corrected chi connectivity index (χ0v) is 8.82. The Morgan fingerprint density at radius 1 is 1.27 bits per heavy atom. The first-order valence-corrected chi connectivity index (χ1v) is 4.91. The van der Waals surface area contributed by atoms with Gasteiger partial charge in [0.15, 0.2) is 5.58 Å². The highest BCUT2D eigenvalue weighted by atomic mass is 79.9. The van der Waals surface area contributed by atoms with Gasteiger partial charge in [0.1, 0.15) is 11.3 Å². The van der Waals surface area contributed by atoms with Crippen molar-refractivity contribution in [2.45, 2.75) is 0 Å². The third-order valence-corrected chi connectivity index (χ3v) is 2.71. The largest absolute Gasteiger partial charge is 0.337 e. The number of hydrogen-bond donors (Lipinski definition) is 0. The van der Waals surface area contributed by atoms with Crippen LogP contribution in [0.2, 0.25) is 0 Å². The molecule has 0 unspecified atom stereocenters. The molecule has 0 aliphatic rings. The molecule has 0 amide bonds. The molecule has 0 bridgehead atoms. The van der Waals surface area contributed by atoms with Crippen LogP contribution in [-0.4, -0.2) is 15.4 Å². The van der Waals surface area contributed by atoms with E-state index in [0.717, 1.165) is 10.7 Å². The lowest BCUT2D eigenvalue weighted by Gasteiger charge is -1.99. The van der Waals surface area contributed by atoms with Crippen LogP contribution in [-0.2, 0) is 0 Å². The molecule has 0 fully saturated rings. The second-order valence-electron chi connectivity index (χ2n) is 3.03. The summed E-state index contributed by atoms with van der Waals surface area (Å²) in [5.74, 6) is -0.412. The summed E-state index contributed by atoms with van der Waals surface area (Å²) < 4.78 is 18.7. The van der Waals surface area contributed by atoms with Crippen LogP contribution in [0.4, 0.5) is 4.39 Å². The predicted octanol–water partition coefficient (Wildman–Crippen LogP) is 2.67. The van der Waals surface area contributed by atoms with Gasteiger partial charge in [0.2, 0.25) is 0 Å². The molecule has 1 aromatic carbocycles. The Morgan fingerprint density at radius 2 is 2.13 bits per heavy atom. The smallest absolute Gasteiger partial charge is 0.189 e. The van der Waals surface area contributed by atoms with E-state index >= 15 is 0 Å². The monoisotopic (exact) mass is 267 g/mol. The first kappa shape index (κ1) is 8.72. The molecular weight excluding hydrogens is 265 g/mol. The summed E-state index contributed by atoms with van der Waals surface area (Å²) in [7, 11) is 0. The number of rotatable bonds is 0. The second-order valence-corrected chi connectivity index (χ2v) is 3.88. The van der Waals surface area contributed by atoms with Gasteiger partial charge in [0, 0.05) is 21.2 Å². The van der Waals surface area contributed by atoms with Crippen molar-refractivity contribution in [3.63, 3.8) is 0 Å². The SMILES string of the molecule is Fc1cnc2c(Br)cc3onnc3c2c1. The van der Waals surface area contributed by atoms with Gasteiger partial charge in [0.05, 0.1) is 11.7 Å². The van der Waals surface area contributed by atoms with Gasteiger partial charge in [0.25, 0.3) is 0 Å². The molecule has 15 heavy (non-hydrogen) atoms. The second kappa shape index (κ2) is 2.96. The minimum absolute atomic E-state index is 0.412. The first-order valence-electron chi connectivity index (χ1n) is 4.11. The lowest BCUT2D eigenvalue weighted by molar-refractivity contribution is 0.424. The van der Waals surface area contributed by atoms with Gasteiger partial charge >= 0.3 is 0 Å². The average molecular weight is 268 g/mol. The van der Waals surface area contributed by atoms with Gasteiger partial charge in [-0.15, -0.1) is 5.10 Å². The van der Waals surface area contributed by atoms with Crippen LogP contribution in [0, 0.1) is 5.82 Å². The predicted molar refractivity (Wildman–Crippen MR) is 54.8 cm³/mol. The van der Waals surface area contributed by atoms with Crippen molar-refractivity contribution in [1.29, 1.82) is 0 Å². The molecular formula is C9H3BrFN3O. The van der Waals surface area contributed by atoms with Gasteiger partial charge < -0.3 is 4.52 Å². The third-order valence-electron chi connectivity index (χ3n) is 2.11. The molecule has 2 aromatic heterocycles. The highest BCUT2D eigenvalue weighted by molar-refractivity contribution is 9.10. The highest BCUT2D eigenvalue weighted by Crippen LogP contribution is 2.29. The van der Waals surface area contributed by atoms with E-state index in [-0.39, 0.29) is 0 Å². The summed E-state index contributed by atoms with van der Waals surface area (Å²) in [5, 5.41) is 7.79. The number of aromatic nitrogens is 3. The van der Waals surface area contributed by atoms with Crippen LogP contribution >= 0.6 is 15.9 Å². The topological polar surface area (TPSA) is 51.8 Å². The summed E-state index contributed by atoms with van der Waals surface area (Å²) >= 11 is 3.33. The van der Waals surface area contributed by atoms with Gasteiger partial charge in [-0.3, -0.25) is 4.98 Å². The van der Waals surface area contributed by atoms with Crippen molar-refractivity contribution >= 4 is 37.9 Å². The lowest BCUT2D eigenvalue weighted by Crippen LogP contribution is -1.85. The summed E-state index contributed by atoms with van der Waals surface area (Å²) in [6.45, 7) is 0. The number of fused-ring (bicyclic) bond motifs is 3. The Kier molecular flexibility index (Phi) is 1.72. The third kappa shape index (κ3) is 1.21. The fraction of sp³-hybridized carbons (Fsp3) is 0. The number of pyridine rings is 1. The Bertz CT molecular complexity index is 667. The van der Waals surface area contributed by atoms with Crippen LogP contribution in [0.3, 0.4) is 0 Å². The molecule has 0 atom stereocenters. The van der Waals surface area contributed by atoms with Gasteiger partial charge in [-0.05, 0) is 22.0 Å². The Labute approximate surface area is 91.2 Å². The molecule has 0 aliphatic carbocycles. The van der Waals surface area contributed by atoms with Gasteiger partial charge in [-0.25, -0.2) is 4.39 Å². The molecule has 0 saturated carbocycles. The first-order chi connectivity index (χ1) is 7.25. The average Bonchev–Trinajstić information content (AvgIpc) is 2.65. The van der Waals surface area contributed by atoms with Crippen LogP contribution in [0.15, 0.2) is 27.3 Å². The molecule has 3 rings (SSSR count). The van der Waals surface area contributed by atoms with Gasteiger partial charge in [-0.1, -0.05) is 0 Å². The summed E-state index contributed by atoms with van der Waals surface area (Å²) in [6, 6.07) is 3.07. The molecule has 0 spiro atoms. The minimum atomic E-state index is -0.412. The van der Waals surface area contributed by atoms with Crippen molar-refractivity contribution in [2.75, 3.05) is 0 Å². The Balaban J connectivity index is 2.63. The maximum absolute atomic E-state index is 13.0. The van der Waals surface area contributed by atoms with Crippen LogP contribution < -0.4 is 0 Å². The fourth-order valence-electron chi connectivity index (χ4n) is 1.47. The van der Waals surface area contributed by atoms with E-state index in [1.807, 2.05) is 0 Å². The van der Waals surface area contributed by atoms with E-state index in [4.69, 9.17) is 4.52 Å². The normalized spacial score (nSPS) is 11.3. The van der Waals surface area contributed by atoms with Crippen LogP contribution in [0.5, 0.6) is 0 Å². The fourth-order valence-corrected chi connectivity index (χ4v) is 2.00. The summed E-state index contributed by atoms with van der Waals surface area (Å²) in [5.41, 5.74) is 1.65. The maximum Gasteiger partial charge on any atom is 0.189 e. The van der Waals surface area contributed by atoms with Crippen molar-refractivity contribution in [3.8, 4) is 0 Å². The van der Waals surface area contributed by atoms with E-state index in [1.54, 1.807) is 6.07 Å². The van der Waals surface area contributed by atoms with E-state index in [1.165, 1.54) is 6.07 Å². The van der Waals surface area contributed by atoms with E-state index in [9.17, 15) is 4.39 Å². The standard InChI is InChI=1S/C9H3BrFN3O/c10-6-2-7-9(13-14-15-7)5-1-4(11)3-12-8(5)6/h1-3H. The maximum atomic E-state index is 13.0. The highest BCUT2D eigenvalue weighted by Gasteiger charge is 2.11. The molecule has 0 aliphatic heterocycles. The zero-order valence-electron chi connectivity index (χ0n) is 7.24. The van der Waals surface area contributed by atoms with E-state index in [0.29, 0.717) is 22.0 Å². The molecule has 6 heteroatoms. The summed E-state index contributed by atoms with van der Waals surface area (Å²) in [6.07, 6.45) is 1.16. The van der Waals surface area contributed by atoms with Crippen molar-refractivity contribution < 1.29 is 8.91 Å². The Hall–Kier alpha value is -1.56. The van der Waals surface area contributed by atoms with E-state index < -0.39 is 5.82 Å². The number of halogens is 2. The van der Waals surface area contributed by atoms with E-state index in [2.05, 4.69) is 31.3 Å². The Morgan fingerprint density at radius 3 is 3.00 bits per heavy atom. The molecule has 0 saturated heterocycles. The number of benzene rings is 1. The van der Waals surface area contributed by atoms with Crippen molar-refractivity contribution in [3.05, 3.63) is 28.6 Å². The molecule has 4 nitrogen and oxygen atoms in total. The van der Waals surface area contributed by atoms with Crippen molar-refractivity contribution in [2.24, 2.45) is 0 Å². The summed E-state index contributed by atoms with van der Waals surface area (Å²) in [4.78, 5) is 3.98. The zero-order chi connectivity index (χ0) is 10.4. The van der Waals surface area contributed by atoms with Crippen molar-refractivity contribution in [1.82, 2.24) is 15.4 Å².